The Kier molecular flexibility index (Phi) is 10.3. The van der Waals surface area contributed by atoms with Crippen molar-refractivity contribution in [1.82, 2.24) is 4.98 Å². The molecule has 2 amide bonds. The summed E-state index contributed by atoms with van der Waals surface area (Å²) in [7, 11) is 0. The number of carbonyl (C=O) groups excluding carboxylic acids is 2. The van der Waals surface area contributed by atoms with Crippen molar-refractivity contribution in [2.45, 2.75) is 53.1 Å². The summed E-state index contributed by atoms with van der Waals surface area (Å²) in [5.41, 5.74) is 8.00. The van der Waals surface area contributed by atoms with Crippen LogP contribution in [0.25, 0.3) is 11.6 Å². The van der Waals surface area contributed by atoms with Gasteiger partial charge in [0.1, 0.15) is 5.75 Å². The summed E-state index contributed by atoms with van der Waals surface area (Å²) in [5.74, 6) is -2.41. The van der Waals surface area contributed by atoms with E-state index in [0.29, 0.717) is 30.5 Å². The summed E-state index contributed by atoms with van der Waals surface area (Å²) >= 11 is 0. The van der Waals surface area contributed by atoms with E-state index in [1.54, 1.807) is 18.3 Å². The molecule has 2 aliphatic rings. The number of benzene rings is 3. The maximum absolute atomic E-state index is 14.1. The van der Waals surface area contributed by atoms with Gasteiger partial charge in [0.15, 0.2) is 0 Å². The number of aryl methyl sites for hydroxylation is 2. The Labute approximate surface area is 293 Å². The highest BCUT2D eigenvalue weighted by Crippen LogP contribution is 2.49. The quantitative estimate of drug-likeness (QED) is 0.0957. The van der Waals surface area contributed by atoms with Crippen LogP contribution in [0.5, 0.6) is 5.75 Å². The van der Waals surface area contributed by atoms with Crippen molar-refractivity contribution in [3.63, 3.8) is 0 Å². The summed E-state index contributed by atoms with van der Waals surface area (Å²) in [4.78, 5) is 33.9. The Hall–Kier alpha value is -5.05. The van der Waals surface area contributed by atoms with Gasteiger partial charge in [0, 0.05) is 23.5 Å². The summed E-state index contributed by atoms with van der Waals surface area (Å²) in [5, 5.41) is 36.4. The maximum Gasteiger partial charge on any atom is 0.238 e. The number of nitrogens with one attached hydrogen (secondary N) is 1. The van der Waals surface area contributed by atoms with Crippen LogP contribution in [-0.2, 0) is 9.59 Å². The van der Waals surface area contributed by atoms with Crippen molar-refractivity contribution in [2.24, 2.45) is 23.7 Å². The van der Waals surface area contributed by atoms with E-state index in [1.807, 2.05) is 107 Å². The highest BCUT2D eigenvalue weighted by molar-refractivity contribution is 6.22. The number of allylic oxidation sites excluding steroid dienone is 2. The Morgan fingerprint density at radius 2 is 1.60 bits per heavy atom. The Bertz CT molecular complexity index is 1900. The Morgan fingerprint density at radius 3 is 2.22 bits per heavy atom. The lowest BCUT2D eigenvalue weighted by atomic mass is 9.66. The third kappa shape index (κ3) is 6.99. The van der Waals surface area contributed by atoms with Gasteiger partial charge in [-0.2, -0.15) is 0 Å². The number of nitrogens with zero attached hydrogens (tertiary/aromatic N) is 2. The first-order valence-electron chi connectivity index (χ1n) is 17.3. The predicted octanol–water partition coefficient (Wildman–Crippen LogP) is 7.60. The number of phenolic OH excluding ortho intramolecular Hbond substituents is 1. The number of aliphatic hydroxyl groups is 2. The topological polar surface area (TPSA) is 123 Å². The molecule has 1 aromatic heterocycles. The van der Waals surface area contributed by atoms with Crippen molar-refractivity contribution in [3.05, 3.63) is 125 Å². The highest BCUT2D eigenvalue weighted by Gasteiger charge is 2.55. The molecule has 0 radical (unpaired) electrons. The number of carbonyl (C=O) groups is 2. The standard InChI is InChI=1S/C42H45N3O5/c1-25(2)33-23-34-39(42(50)45(41(34)49)32-16-14-31(15-17-32)44-30-10-6-5-7-11-30)35(24-46)38(33)37(47)18-13-29(36-12-8-9-19-43-36)22-28-20-26(3)40(48)27(4)21-28/h5-12,14-17,19-22,25,34-35,37,39,44,46-48H,13,18,23-24H2,1-4H3/b29-22-/t34-,35+,37-,39-/m1/s1. The van der Waals surface area contributed by atoms with Gasteiger partial charge in [-0.1, -0.05) is 43.7 Å². The summed E-state index contributed by atoms with van der Waals surface area (Å²) in [6.07, 6.45) is 3.98. The van der Waals surface area contributed by atoms with Crippen LogP contribution in [0.2, 0.25) is 0 Å². The molecule has 258 valence electrons. The molecule has 0 saturated carbocycles. The molecule has 1 aliphatic carbocycles. The molecule has 1 aliphatic heterocycles. The maximum atomic E-state index is 14.1. The molecule has 8 heteroatoms. The first-order valence-corrected chi connectivity index (χ1v) is 17.3. The number of hydrogen-bond acceptors (Lipinski definition) is 7. The van der Waals surface area contributed by atoms with Gasteiger partial charge >= 0.3 is 0 Å². The van der Waals surface area contributed by atoms with Crippen LogP contribution in [0.1, 0.15) is 55.5 Å². The van der Waals surface area contributed by atoms with Crippen LogP contribution in [0.15, 0.2) is 102 Å². The minimum atomic E-state index is -0.943. The van der Waals surface area contributed by atoms with E-state index in [1.165, 1.54) is 4.90 Å². The van der Waals surface area contributed by atoms with E-state index in [2.05, 4.69) is 10.3 Å². The molecule has 8 nitrogen and oxygen atoms in total. The second-order valence-electron chi connectivity index (χ2n) is 13.8. The molecule has 2 heterocycles. The normalized spacial score (nSPS) is 20.0. The van der Waals surface area contributed by atoms with Gasteiger partial charge in [-0.05, 0) is 134 Å². The van der Waals surface area contributed by atoms with Crippen LogP contribution in [0.4, 0.5) is 17.1 Å². The summed E-state index contributed by atoms with van der Waals surface area (Å²) in [6.45, 7) is 7.44. The number of fused-ring (bicyclic) bond motifs is 1. The average Bonchev–Trinajstić information content (AvgIpc) is 3.37. The molecule has 0 unspecified atom stereocenters. The van der Waals surface area contributed by atoms with Crippen molar-refractivity contribution in [2.75, 3.05) is 16.8 Å². The van der Waals surface area contributed by atoms with Gasteiger partial charge < -0.3 is 20.6 Å². The molecule has 1 fully saturated rings. The van der Waals surface area contributed by atoms with Crippen molar-refractivity contribution >= 4 is 40.5 Å². The number of aromatic nitrogens is 1. The second-order valence-corrected chi connectivity index (χ2v) is 13.8. The number of rotatable bonds is 11. The molecule has 6 rings (SSSR count). The van der Waals surface area contributed by atoms with E-state index in [9.17, 15) is 24.9 Å². The summed E-state index contributed by atoms with van der Waals surface area (Å²) < 4.78 is 0. The van der Waals surface area contributed by atoms with Gasteiger partial charge in [0.2, 0.25) is 11.8 Å². The lowest BCUT2D eigenvalue weighted by Gasteiger charge is -2.38. The number of amides is 2. The Balaban J connectivity index is 1.26. The van der Waals surface area contributed by atoms with Crippen molar-refractivity contribution in [3.8, 4) is 5.75 Å². The van der Waals surface area contributed by atoms with Crippen molar-refractivity contribution < 1.29 is 24.9 Å². The van der Waals surface area contributed by atoms with Crippen LogP contribution in [-0.4, -0.2) is 44.8 Å². The van der Waals surface area contributed by atoms with Gasteiger partial charge in [-0.15, -0.1) is 0 Å². The lowest BCUT2D eigenvalue weighted by Crippen LogP contribution is -2.39. The molecule has 3 aromatic carbocycles. The number of para-hydroxylation sites is 1. The number of aliphatic hydroxyl groups excluding tert-OH is 2. The molecule has 4 aromatic rings. The Morgan fingerprint density at radius 1 is 0.940 bits per heavy atom. The van der Waals surface area contributed by atoms with E-state index in [-0.39, 0.29) is 30.1 Å². The van der Waals surface area contributed by atoms with Gasteiger partial charge in [-0.3, -0.25) is 19.5 Å². The van der Waals surface area contributed by atoms with E-state index in [0.717, 1.165) is 44.9 Å². The highest BCUT2D eigenvalue weighted by atomic mass is 16.3. The fraction of sp³-hybridized carbons (Fsp3) is 0.310. The molecular weight excluding hydrogens is 626 g/mol. The smallest absolute Gasteiger partial charge is 0.238 e. The number of hydrogen-bond donors (Lipinski definition) is 4. The zero-order valence-corrected chi connectivity index (χ0v) is 29.0. The molecular formula is C42H45N3O5. The molecule has 0 spiro atoms. The zero-order valence-electron chi connectivity index (χ0n) is 29.0. The largest absolute Gasteiger partial charge is 0.507 e. The first kappa shape index (κ1) is 34.8. The number of pyridine rings is 1. The first-order chi connectivity index (χ1) is 24.1. The number of anilines is 3. The van der Waals surface area contributed by atoms with Gasteiger partial charge in [-0.25, -0.2) is 0 Å². The van der Waals surface area contributed by atoms with Crippen LogP contribution in [0.3, 0.4) is 0 Å². The summed E-state index contributed by atoms with van der Waals surface area (Å²) in [6, 6.07) is 26.5. The lowest BCUT2D eigenvalue weighted by molar-refractivity contribution is -0.123. The molecule has 50 heavy (non-hydrogen) atoms. The van der Waals surface area contributed by atoms with Gasteiger partial charge in [0.25, 0.3) is 0 Å². The van der Waals surface area contributed by atoms with Crippen molar-refractivity contribution in [1.29, 1.82) is 0 Å². The molecule has 0 bridgehead atoms. The monoisotopic (exact) mass is 671 g/mol. The second kappa shape index (κ2) is 14.8. The third-order valence-electron chi connectivity index (χ3n) is 10.1. The number of imide groups is 1. The number of phenols is 1. The predicted molar refractivity (Wildman–Crippen MR) is 198 cm³/mol. The minimum absolute atomic E-state index is 0.00342. The fourth-order valence-corrected chi connectivity index (χ4v) is 7.63. The molecule has 1 saturated heterocycles. The van der Waals surface area contributed by atoms with Gasteiger partial charge in [0.05, 0.1) is 35.9 Å². The van der Waals surface area contributed by atoms with E-state index in [4.69, 9.17) is 0 Å². The minimum Gasteiger partial charge on any atom is -0.507 e. The SMILES string of the molecule is Cc1cc(/C=C(/CC[C@@H](O)C2=C(C(C)C)C[C@H]3C(=O)N(c4ccc(Nc5ccccc5)cc4)C(=O)[C@H]3[C@H]2CO)c2ccccn2)cc(C)c1O. The van der Waals surface area contributed by atoms with Crippen LogP contribution < -0.4 is 10.2 Å². The van der Waals surface area contributed by atoms with Crippen LogP contribution >= 0.6 is 0 Å². The van der Waals surface area contributed by atoms with E-state index < -0.39 is 23.9 Å². The van der Waals surface area contributed by atoms with Crippen LogP contribution in [0, 0.1) is 37.5 Å². The fourth-order valence-electron chi connectivity index (χ4n) is 7.63. The zero-order chi connectivity index (χ0) is 35.5. The third-order valence-corrected chi connectivity index (χ3v) is 10.1. The average molecular weight is 672 g/mol. The number of aromatic hydroxyl groups is 1. The molecule has 4 atom stereocenters. The van der Waals surface area contributed by atoms with E-state index >= 15 is 0 Å². The molecule has 4 N–H and O–H groups in total.